The predicted molar refractivity (Wildman–Crippen MR) is 95.8 cm³/mol. The number of nitrogens with zero attached hydrogens (tertiary/aromatic N) is 3. The topological polar surface area (TPSA) is 72.3 Å². The Balaban J connectivity index is 1.96. The van der Waals surface area contributed by atoms with E-state index < -0.39 is 0 Å². The number of rotatable bonds is 3. The highest BCUT2D eigenvalue weighted by molar-refractivity contribution is 5.81. The van der Waals surface area contributed by atoms with Crippen LogP contribution in [0.25, 0.3) is 28.2 Å². The first kappa shape index (κ1) is 15.1. The van der Waals surface area contributed by atoms with Crippen LogP contribution in [0.4, 0.5) is 0 Å². The molecule has 3 aromatic heterocycles. The first-order chi connectivity index (χ1) is 12.2. The lowest BCUT2D eigenvalue weighted by molar-refractivity contribution is 0.415. The van der Waals surface area contributed by atoms with Gasteiger partial charge in [0, 0.05) is 23.5 Å². The molecule has 1 N–H and O–H groups in total. The van der Waals surface area contributed by atoms with Gasteiger partial charge in [-0.05, 0) is 36.8 Å². The average molecular weight is 332 g/mol. The molecule has 0 unspecified atom stereocenters. The van der Waals surface area contributed by atoms with Gasteiger partial charge >= 0.3 is 0 Å². The van der Waals surface area contributed by atoms with E-state index in [4.69, 9.17) is 4.74 Å². The molecule has 1 aromatic carbocycles. The van der Waals surface area contributed by atoms with E-state index in [9.17, 15) is 4.79 Å². The summed E-state index contributed by atoms with van der Waals surface area (Å²) in [5, 5.41) is 3.09. The molecular weight excluding hydrogens is 316 g/mol. The van der Waals surface area contributed by atoms with Crippen LogP contribution in [0.5, 0.6) is 5.75 Å². The maximum atomic E-state index is 12.5. The largest absolute Gasteiger partial charge is 0.497 e. The molecule has 0 fully saturated rings. The Labute approximate surface area is 143 Å². The third kappa shape index (κ3) is 2.57. The minimum atomic E-state index is -0.173. The van der Waals surface area contributed by atoms with Gasteiger partial charge in [0.25, 0.3) is 5.56 Å². The van der Waals surface area contributed by atoms with Crippen molar-refractivity contribution in [3.8, 4) is 28.3 Å². The zero-order valence-corrected chi connectivity index (χ0v) is 13.9. The summed E-state index contributed by atoms with van der Waals surface area (Å²) in [4.78, 5) is 21.5. The van der Waals surface area contributed by atoms with Crippen molar-refractivity contribution in [2.24, 2.45) is 0 Å². The lowest BCUT2D eigenvalue weighted by Crippen LogP contribution is -2.14. The summed E-state index contributed by atoms with van der Waals surface area (Å²) in [7, 11) is 1.63. The smallest absolute Gasteiger partial charge is 0.273 e. The Hall–Kier alpha value is -3.41. The minimum Gasteiger partial charge on any atom is -0.497 e. The number of pyridine rings is 1. The van der Waals surface area contributed by atoms with Crippen molar-refractivity contribution in [2.75, 3.05) is 7.11 Å². The molecule has 3 heterocycles. The molecule has 0 saturated heterocycles. The minimum absolute atomic E-state index is 0.173. The summed E-state index contributed by atoms with van der Waals surface area (Å²) < 4.78 is 6.67. The normalized spacial score (nSPS) is 11.0. The lowest BCUT2D eigenvalue weighted by Gasteiger charge is -2.04. The standard InChI is InChI=1S/C19H16N4O2/c1-12-18(13-6-8-14(25-2)9-7-13)19-21-16(11-17(24)23(19)22-12)15-5-3-4-10-20-15/h3-11,22H,1-2H3. The molecule has 25 heavy (non-hydrogen) atoms. The Morgan fingerprint density at radius 3 is 2.56 bits per heavy atom. The molecule has 0 atom stereocenters. The number of H-pyrrole nitrogens is 1. The second-order valence-electron chi connectivity index (χ2n) is 5.69. The van der Waals surface area contributed by atoms with E-state index in [1.165, 1.54) is 10.6 Å². The highest BCUT2D eigenvalue weighted by Gasteiger charge is 2.15. The Morgan fingerprint density at radius 1 is 1.08 bits per heavy atom. The van der Waals surface area contributed by atoms with Gasteiger partial charge in [-0.15, -0.1) is 0 Å². The van der Waals surface area contributed by atoms with Crippen molar-refractivity contribution < 1.29 is 4.74 Å². The molecule has 0 spiro atoms. The molecular formula is C19H16N4O2. The number of hydrogen-bond acceptors (Lipinski definition) is 4. The number of aromatic amines is 1. The van der Waals surface area contributed by atoms with Crippen LogP contribution in [0.15, 0.2) is 59.5 Å². The number of aryl methyl sites for hydroxylation is 1. The van der Waals surface area contributed by atoms with Crippen molar-refractivity contribution in [1.29, 1.82) is 0 Å². The lowest BCUT2D eigenvalue weighted by atomic mass is 10.1. The summed E-state index contributed by atoms with van der Waals surface area (Å²) in [6, 6.07) is 14.7. The van der Waals surface area contributed by atoms with Gasteiger partial charge in [0.2, 0.25) is 0 Å². The van der Waals surface area contributed by atoms with E-state index in [-0.39, 0.29) is 5.56 Å². The highest BCUT2D eigenvalue weighted by Crippen LogP contribution is 2.29. The molecule has 124 valence electrons. The summed E-state index contributed by atoms with van der Waals surface area (Å²) in [5.74, 6) is 0.778. The van der Waals surface area contributed by atoms with Gasteiger partial charge in [0.05, 0.1) is 18.5 Å². The number of hydrogen-bond donors (Lipinski definition) is 1. The third-order valence-electron chi connectivity index (χ3n) is 4.10. The summed E-state index contributed by atoms with van der Waals surface area (Å²) in [6.45, 7) is 1.92. The van der Waals surface area contributed by atoms with E-state index in [2.05, 4.69) is 15.1 Å². The highest BCUT2D eigenvalue weighted by atomic mass is 16.5. The van der Waals surface area contributed by atoms with E-state index in [0.717, 1.165) is 22.6 Å². The van der Waals surface area contributed by atoms with Gasteiger partial charge in [-0.3, -0.25) is 14.9 Å². The summed E-state index contributed by atoms with van der Waals surface area (Å²) in [5.41, 5.74) is 4.35. The van der Waals surface area contributed by atoms with E-state index >= 15 is 0 Å². The van der Waals surface area contributed by atoms with Crippen LogP contribution in [0.2, 0.25) is 0 Å². The zero-order chi connectivity index (χ0) is 17.4. The molecule has 4 aromatic rings. The van der Waals surface area contributed by atoms with Crippen molar-refractivity contribution in [3.05, 3.63) is 70.8 Å². The van der Waals surface area contributed by atoms with E-state index in [1.54, 1.807) is 13.3 Å². The van der Waals surface area contributed by atoms with Crippen LogP contribution in [0, 0.1) is 6.92 Å². The number of nitrogens with one attached hydrogen (secondary N) is 1. The number of aromatic nitrogens is 4. The SMILES string of the molecule is COc1ccc(-c2c(C)[nH]n3c(=O)cc(-c4ccccn4)nc23)cc1. The molecule has 0 radical (unpaired) electrons. The molecule has 0 aliphatic carbocycles. The number of fused-ring (bicyclic) bond motifs is 1. The Bertz CT molecular complexity index is 1100. The van der Waals surface area contributed by atoms with Crippen LogP contribution in [-0.4, -0.2) is 26.7 Å². The molecule has 0 amide bonds. The van der Waals surface area contributed by atoms with Gasteiger partial charge in [-0.25, -0.2) is 9.50 Å². The van der Waals surface area contributed by atoms with Gasteiger partial charge in [-0.1, -0.05) is 18.2 Å². The van der Waals surface area contributed by atoms with Crippen molar-refractivity contribution >= 4 is 5.65 Å². The summed E-state index contributed by atoms with van der Waals surface area (Å²) >= 11 is 0. The second-order valence-corrected chi connectivity index (χ2v) is 5.69. The zero-order valence-electron chi connectivity index (χ0n) is 13.9. The third-order valence-corrected chi connectivity index (χ3v) is 4.10. The van der Waals surface area contributed by atoms with Crippen LogP contribution in [-0.2, 0) is 0 Å². The van der Waals surface area contributed by atoms with Crippen LogP contribution in [0.3, 0.4) is 0 Å². The average Bonchev–Trinajstić information content (AvgIpc) is 2.99. The van der Waals surface area contributed by atoms with Crippen molar-refractivity contribution in [2.45, 2.75) is 6.92 Å². The van der Waals surface area contributed by atoms with Crippen LogP contribution in [0.1, 0.15) is 5.69 Å². The molecule has 4 rings (SSSR count). The van der Waals surface area contributed by atoms with Gasteiger partial charge in [0.15, 0.2) is 5.65 Å². The molecule has 0 aliphatic heterocycles. The fourth-order valence-electron chi connectivity index (χ4n) is 2.90. The Morgan fingerprint density at radius 2 is 1.88 bits per heavy atom. The monoisotopic (exact) mass is 332 g/mol. The molecule has 0 bridgehead atoms. The van der Waals surface area contributed by atoms with Gasteiger partial charge < -0.3 is 4.74 Å². The number of ether oxygens (including phenoxy) is 1. The second kappa shape index (κ2) is 5.90. The fraction of sp³-hybridized carbons (Fsp3) is 0.105. The number of benzene rings is 1. The van der Waals surface area contributed by atoms with Crippen molar-refractivity contribution in [1.82, 2.24) is 19.6 Å². The number of methoxy groups -OCH3 is 1. The molecule has 0 saturated carbocycles. The maximum absolute atomic E-state index is 12.5. The van der Waals surface area contributed by atoms with Crippen LogP contribution >= 0.6 is 0 Å². The molecule has 0 aliphatic rings. The van der Waals surface area contributed by atoms with Gasteiger partial charge in [-0.2, -0.15) is 0 Å². The summed E-state index contributed by atoms with van der Waals surface area (Å²) in [6.07, 6.45) is 1.69. The predicted octanol–water partition coefficient (Wildman–Crippen LogP) is 3.07. The quantitative estimate of drug-likeness (QED) is 0.626. The first-order valence-electron chi connectivity index (χ1n) is 7.85. The fourth-order valence-corrected chi connectivity index (χ4v) is 2.90. The van der Waals surface area contributed by atoms with Crippen molar-refractivity contribution in [3.63, 3.8) is 0 Å². The van der Waals surface area contributed by atoms with E-state index in [0.29, 0.717) is 17.0 Å². The maximum Gasteiger partial charge on any atom is 0.273 e. The Kier molecular flexibility index (Phi) is 3.57. The van der Waals surface area contributed by atoms with E-state index in [1.807, 2.05) is 49.4 Å². The first-order valence-corrected chi connectivity index (χ1v) is 7.85. The molecule has 6 heteroatoms. The van der Waals surface area contributed by atoms with Crippen LogP contribution < -0.4 is 10.3 Å². The molecule has 6 nitrogen and oxygen atoms in total. The van der Waals surface area contributed by atoms with Gasteiger partial charge in [0.1, 0.15) is 5.75 Å².